The number of halogens is 1. The van der Waals surface area contributed by atoms with Crippen LogP contribution >= 0.6 is 0 Å². The Morgan fingerprint density at radius 1 is 1.06 bits per heavy atom. The highest BCUT2D eigenvalue weighted by molar-refractivity contribution is 5.96. The van der Waals surface area contributed by atoms with Crippen LogP contribution < -0.4 is 14.8 Å². The number of aromatic nitrogens is 3. The van der Waals surface area contributed by atoms with Gasteiger partial charge in [-0.15, -0.1) is 0 Å². The van der Waals surface area contributed by atoms with Crippen molar-refractivity contribution in [2.75, 3.05) is 6.61 Å². The number of hydrogen-bond donors (Lipinski definition) is 2. The van der Waals surface area contributed by atoms with Crippen molar-refractivity contribution in [1.82, 2.24) is 20.6 Å². The van der Waals surface area contributed by atoms with Gasteiger partial charge in [-0.25, -0.2) is 18.8 Å². The van der Waals surface area contributed by atoms with Crippen molar-refractivity contribution in [2.45, 2.75) is 6.54 Å². The van der Waals surface area contributed by atoms with Crippen LogP contribution in [0.4, 0.5) is 4.39 Å². The molecule has 162 valence electrons. The molecule has 1 amide bonds. The van der Waals surface area contributed by atoms with Gasteiger partial charge in [0, 0.05) is 30.4 Å². The molecule has 0 radical (unpaired) electrons. The summed E-state index contributed by atoms with van der Waals surface area (Å²) in [5.74, 6) is -1.84. The lowest BCUT2D eigenvalue weighted by Crippen LogP contribution is -2.24. The molecule has 0 atom stereocenters. The number of nitrogens with one attached hydrogen (secondary N) is 1. The van der Waals surface area contributed by atoms with E-state index in [0.717, 1.165) is 6.07 Å². The normalized spacial score (nSPS) is 10.7. The lowest BCUT2D eigenvalue weighted by molar-refractivity contribution is -0.139. The number of pyridine rings is 1. The molecule has 0 aliphatic heterocycles. The van der Waals surface area contributed by atoms with Crippen LogP contribution in [0.25, 0.3) is 11.0 Å². The molecule has 0 aliphatic rings. The number of amides is 1. The monoisotopic (exact) mass is 438 g/mol. The van der Waals surface area contributed by atoms with Gasteiger partial charge in [-0.2, -0.15) is 0 Å². The average molecular weight is 438 g/mol. The van der Waals surface area contributed by atoms with E-state index in [1.165, 1.54) is 24.4 Å². The van der Waals surface area contributed by atoms with Gasteiger partial charge in [-0.1, -0.05) is 6.07 Å². The van der Waals surface area contributed by atoms with Gasteiger partial charge in [-0.3, -0.25) is 4.79 Å². The molecule has 2 aromatic heterocycles. The zero-order chi connectivity index (χ0) is 22.5. The summed E-state index contributed by atoms with van der Waals surface area (Å²) in [7, 11) is 0. The fourth-order valence-corrected chi connectivity index (χ4v) is 2.76. The Morgan fingerprint density at radius 3 is 2.69 bits per heavy atom. The summed E-state index contributed by atoms with van der Waals surface area (Å²) < 4.78 is 29.6. The first-order chi connectivity index (χ1) is 15.5. The number of nitrogens with zero attached hydrogens (tertiary/aromatic N) is 3. The zero-order valence-electron chi connectivity index (χ0n) is 16.3. The first kappa shape index (κ1) is 20.7. The number of aliphatic carboxylic acids is 1. The van der Waals surface area contributed by atoms with E-state index in [1.807, 2.05) is 0 Å². The van der Waals surface area contributed by atoms with Crippen LogP contribution in [0, 0.1) is 5.82 Å². The number of carbonyl (C=O) groups excluding carboxylic acids is 1. The van der Waals surface area contributed by atoms with Crippen molar-refractivity contribution in [3.05, 3.63) is 71.7 Å². The van der Waals surface area contributed by atoms with Gasteiger partial charge in [0.05, 0.1) is 0 Å². The first-order valence-corrected chi connectivity index (χ1v) is 9.26. The zero-order valence-corrected chi connectivity index (χ0v) is 16.3. The van der Waals surface area contributed by atoms with E-state index in [-0.39, 0.29) is 29.3 Å². The van der Waals surface area contributed by atoms with Gasteiger partial charge in [0.15, 0.2) is 6.61 Å². The Kier molecular flexibility index (Phi) is 5.88. The Morgan fingerprint density at radius 2 is 1.88 bits per heavy atom. The van der Waals surface area contributed by atoms with Gasteiger partial charge in [0.1, 0.15) is 33.9 Å². The third kappa shape index (κ3) is 4.78. The molecule has 4 aromatic rings. The lowest BCUT2D eigenvalue weighted by atomic mass is 10.2. The summed E-state index contributed by atoms with van der Waals surface area (Å²) in [4.78, 5) is 27.3. The number of ether oxygens (including phenoxy) is 2. The number of carboxylic acid groups (broad SMARTS) is 1. The van der Waals surface area contributed by atoms with E-state index < -0.39 is 24.3 Å². The van der Waals surface area contributed by atoms with Crippen molar-refractivity contribution in [3.8, 4) is 17.4 Å². The van der Waals surface area contributed by atoms with Crippen LogP contribution in [-0.4, -0.2) is 38.9 Å². The summed E-state index contributed by atoms with van der Waals surface area (Å²) in [6.45, 7) is -0.700. The fourth-order valence-electron chi connectivity index (χ4n) is 2.76. The highest BCUT2D eigenvalue weighted by Gasteiger charge is 2.16. The molecule has 2 aromatic carbocycles. The molecule has 2 N–H and O–H groups in total. The number of rotatable bonds is 8. The second-order valence-corrected chi connectivity index (χ2v) is 6.49. The van der Waals surface area contributed by atoms with Crippen LogP contribution in [-0.2, 0) is 11.3 Å². The van der Waals surface area contributed by atoms with E-state index in [0.29, 0.717) is 16.8 Å². The predicted octanol–water partition coefficient (Wildman–Crippen LogP) is 2.94. The molecule has 0 saturated heterocycles. The number of hydrogen-bond acceptors (Lipinski definition) is 8. The van der Waals surface area contributed by atoms with E-state index >= 15 is 0 Å². The molecule has 0 bridgehead atoms. The summed E-state index contributed by atoms with van der Waals surface area (Å²) in [6.07, 6.45) is 1.47. The highest BCUT2D eigenvalue weighted by Crippen LogP contribution is 2.25. The third-order valence-corrected chi connectivity index (χ3v) is 4.28. The van der Waals surface area contributed by atoms with Crippen molar-refractivity contribution >= 4 is 22.9 Å². The Bertz CT molecular complexity index is 1290. The maximum atomic E-state index is 14.3. The van der Waals surface area contributed by atoms with Gasteiger partial charge < -0.3 is 19.9 Å². The van der Waals surface area contributed by atoms with Gasteiger partial charge in [-0.05, 0) is 40.6 Å². The Balaban J connectivity index is 1.44. The molecule has 0 saturated carbocycles. The third-order valence-electron chi connectivity index (χ3n) is 4.28. The minimum atomic E-state index is -1.17. The molecule has 0 fully saturated rings. The minimum absolute atomic E-state index is 0.0543. The number of benzene rings is 2. The molecule has 4 rings (SSSR count). The van der Waals surface area contributed by atoms with Crippen LogP contribution in [0.5, 0.6) is 17.4 Å². The summed E-state index contributed by atoms with van der Waals surface area (Å²) >= 11 is 0. The largest absolute Gasteiger partial charge is 0.482 e. The van der Waals surface area contributed by atoms with Crippen LogP contribution in [0.2, 0.25) is 0 Å². The Hall–Kier alpha value is -4.54. The molecule has 0 unspecified atom stereocenters. The topological polar surface area (TPSA) is 137 Å². The summed E-state index contributed by atoms with van der Waals surface area (Å²) in [6, 6.07) is 11.8. The highest BCUT2D eigenvalue weighted by atomic mass is 19.1. The lowest BCUT2D eigenvalue weighted by Gasteiger charge is -2.11. The predicted molar refractivity (Wildman–Crippen MR) is 107 cm³/mol. The van der Waals surface area contributed by atoms with Gasteiger partial charge in [0.2, 0.25) is 5.88 Å². The molecule has 10 nitrogen and oxygen atoms in total. The van der Waals surface area contributed by atoms with Crippen LogP contribution in [0.3, 0.4) is 0 Å². The quantitative estimate of drug-likeness (QED) is 0.425. The van der Waals surface area contributed by atoms with Gasteiger partial charge >= 0.3 is 5.97 Å². The molecule has 11 heteroatoms. The van der Waals surface area contributed by atoms with Crippen LogP contribution in [0.15, 0.2) is 59.4 Å². The maximum Gasteiger partial charge on any atom is 0.341 e. The number of carboxylic acids is 1. The minimum Gasteiger partial charge on any atom is -0.482 e. The molecular weight excluding hydrogens is 423 g/mol. The second-order valence-electron chi connectivity index (χ2n) is 6.49. The van der Waals surface area contributed by atoms with Crippen molar-refractivity contribution in [2.24, 2.45) is 0 Å². The van der Waals surface area contributed by atoms with E-state index in [1.54, 1.807) is 24.3 Å². The van der Waals surface area contributed by atoms with Crippen molar-refractivity contribution in [1.29, 1.82) is 0 Å². The SMILES string of the molecule is O=C(O)COc1ccc(CNC(=O)c2cccnc2Oc2ccc3nonc3c2)c(F)c1. The smallest absolute Gasteiger partial charge is 0.341 e. The maximum absolute atomic E-state index is 14.3. The standard InChI is InChI=1S/C21H15FN4O6/c22-16-8-13(30-11-19(27)28)4-3-12(16)10-24-20(29)15-2-1-7-23-21(15)31-14-5-6-17-18(9-14)26-32-25-17/h1-9H,10-11H2,(H,24,29)(H,27,28). The first-order valence-electron chi connectivity index (χ1n) is 9.26. The molecule has 2 heterocycles. The van der Waals surface area contributed by atoms with Crippen molar-refractivity contribution < 1.29 is 33.2 Å². The van der Waals surface area contributed by atoms with Crippen molar-refractivity contribution in [3.63, 3.8) is 0 Å². The molecule has 32 heavy (non-hydrogen) atoms. The number of carbonyl (C=O) groups is 2. The fraction of sp³-hybridized carbons (Fsp3) is 0.0952. The summed E-state index contributed by atoms with van der Waals surface area (Å²) in [5.41, 5.74) is 1.37. The average Bonchev–Trinajstić information content (AvgIpc) is 3.25. The van der Waals surface area contributed by atoms with Crippen LogP contribution in [0.1, 0.15) is 15.9 Å². The van der Waals surface area contributed by atoms with E-state index in [4.69, 9.17) is 14.6 Å². The molecular formula is C21H15FN4O6. The molecule has 0 aliphatic carbocycles. The molecule has 0 spiro atoms. The summed E-state index contributed by atoms with van der Waals surface area (Å²) in [5, 5.41) is 18.7. The van der Waals surface area contributed by atoms with E-state index in [2.05, 4.69) is 25.2 Å². The van der Waals surface area contributed by atoms with E-state index in [9.17, 15) is 14.0 Å². The van der Waals surface area contributed by atoms with Gasteiger partial charge in [0.25, 0.3) is 5.91 Å². The number of fused-ring (bicyclic) bond motifs is 1. The second kappa shape index (κ2) is 9.08. The Labute approximate surface area is 179 Å².